The van der Waals surface area contributed by atoms with Crippen LogP contribution < -0.4 is 4.74 Å². The van der Waals surface area contributed by atoms with E-state index < -0.39 is 17.7 Å². The van der Waals surface area contributed by atoms with Gasteiger partial charge in [-0.25, -0.2) is 4.98 Å². The summed E-state index contributed by atoms with van der Waals surface area (Å²) in [5, 5.41) is 11.2. The minimum atomic E-state index is -0.697. The lowest BCUT2D eigenvalue weighted by Crippen LogP contribution is -2.31. The quantitative estimate of drug-likeness (QED) is 0.190. The van der Waals surface area contributed by atoms with Gasteiger partial charge in [-0.15, -0.1) is 0 Å². The number of ketones is 1. The molecule has 1 amide bonds. The average Bonchev–Trinajstić information content (AvgIpc) is 3.45. The zero-order valence-electron chi connectivity index (χ0n) is 18.4. The van der Waals surface area contributed by atoms with Gasteiger partial charge in [0.1, 0.15) is 18.1 Å². The van der Waals surface area contributed by atoms with Gasteiger partial charge in [-0.05, 0) is 48.4 Å². The smallest absolute Gasteiger partial charge is 0.295 e. The SMILES string of the molecule is C=CCOc1ccc(C(O)=C2C(=O)C(=O)N(CCCn3ccnc3)[C@H]2c2cccc(Br)c2)cc1. The molecule has 1 saturated heterocycles. The number of aliphatic hydroxyl groups is 1. The molecule has 0 aliphatic carbocycles. The van der Waals surface area contributed by atoms with Gasteiger partial charge in [0.2, 0.25) is 0 Å². The van der Waals surface area contributed by atoms with E-state index in [9.17, 15) is 14.7 Å². The van der Waals surface area contributed by atoms with Gasteiger partial charge in [-0.3, -0.25) is 9.59 Å². The van der Waals surface area contributed by atoms with Crippen LogP contribution in [-0.4, -0.2) is 44.4 Å². The van der Waals surface area contributed by atoms with E-state index in [2.05, 4.69) is 27.5 Å². The van der Waals surface area contributed by atoms with Crippen molar-refractivity contribution in [1.29, 1.82) is 0 Å². The molecule has 3 aromatic rings. The maximum Gasteiger partial charge on any atom is 0.295 e. The summed E-state index contributed by atoms with van der Waals surface area (Å²) < 4.78 is 8.23. The van der Waals surface area contributed by atoms with Crippen LogP contribution in [-0.2, 0) is 16.1 Å². The van der Waals surface area contributed by atoms with Crippen LogP contribution in [0.4, 0.5) is 0 Å². The van der Waals surface area contributed by atoms with E-state index in [1.54, 1.807) is 42.9 Å². The third-order valence-electron chi connectivity index (χ3n) is 5.57. The van der Waals surface area contributed by atoms with Crippen LogP contribution in [0.5, 0.6) is 5.75 Å². The number of amides is 1. The van der Waals surface area contributed by atoms with Crippen molar-refractivity contribution in [2.24, 2.45) is 0 Å². The third-order valence-corrected chi connectivity index (χ3v) is 6.07. The minimum Gasteiger partial charge on any atom is -0.507 e. The van der Waals surface area contributed by atoms with Crippen molar-refractivity contribution in [1.82, 2.24) is 14.5 Å². The van der Waals surface area contributed by atoms with Crippen molar-refractivity contribution in [3.05, 3.63) is 101 Å². The van der Waals surface area contributed by atoms with Crippen LogP contribution in [0.25, 0.3) is 5.76 Å². The molecule has 0 saturated carbocycles. The fraction of sp³-hybridized carbons (Fsp3) is 0.192. The molecule has 1 aliphatic heterocycles. The van der Waals surface area contributed by atoms with Crippen LogP contribution in [0, 0.1) is 0 Å². The highest BCUT2D eigenvalue weighted by molar-refractivity contribution is 9.10. The van der Waals surface area contributed by atoms with Gasteiger partial charge in [-0.1, -0.05) is 40.7 Å². The number of Topliss-reactive ketones (excluding diaryl/α,β-unsaturated/α-hetero) is 1. The molecule has 0 bridgehead atoms. The third kappa shape index (κ3) is 4.97. The molecule has 0 unspecified atom stereocenters. The fourth-order valence-electron chi connectivity index (χ4n) is 4.00. The van der Waals surface area contributed by atoms with Crippen LogP contribution in [0.15, 0.2) is 90.0 Å². The molecule has 8 heteroatoms. The van der Waals surface area contributed by atoms with Gasteiger partial charge in [0.05, 0.1) is 17.9 Å². The summed E-state index contributed by atoms with van der Waals surface area (Å²) in [6.07, 6.45) is 7.52. The Hall–Kier alpha value is -3.65. The number of aryl methyl sites for hydroxylation is 1. The first-order valence-electron chi connectivity index (χ1n) is 10.8. The van der Waals surface area contributed by atoms with Gasteiger partial charge < -0.3 is 19.3 Å². The highest BCUT2D eigenvalue weighted by atomic mass is 79.9. The van der Waals surface area contributed by atoms with E-state index >= 15 is 0 Å². The number of carbonyl (C=O) groups is 2. The molecule has 2 aromatic carbocycles. The summed E-state index contributed by atoms with van der Waals surface area (Å²) in [6, 6.07) is 13.5. The number of hydrogen-bond donors (Lipinski definition) is 1. The number of imidazole rings is 1. The average molecular weight is 522 g/mol. The van der Waals surface area contributed by atoms with E-state index in [1.165, 1.54) is 4.90 Å². The van der Waals surface area contributed by atoms with E-state index in [1.807, 2.05) is 35.0 Å². The van der Waals surface area contributed by atoms with Crippen molar-refractivity contribution in [3.63, 3.8) is 0 Å². The highest BCUT2D eigenvalue weighted by Gasteiger charge is 2.45. The summed E-state index contributed by atoms with van der Waals surface area (Å²) in [4.78, 5) is 31.8. The van der Waals surface area contributed by atoms with E-state index in [0.717, 1.165) is 10.0 Å². The number of carbonyl (C=O) groups excluding carboxylic acids is 2. The first kappa shape index (κ1) is 23.5. The van der Waals surface area contributed by atoms with E-state index in [-0.39, 0.29) is 11.3 Å². The molecular weight excluding hydrogens is 498 g/mol. The van der Waals surface area contributed by atoms with Gasteiger partial charge in [0.25, 0.3) is 11.7 Å². The van der Waals surface area contributed by atoms with Crippen molar-refractivity contribution >= 4 is 33.4 Å². The minimum absolute atomic E-state index is 0.0745. The standard InChI is InChI=1S/C26H24BrN3O4/c1-2-15-34-21-9-7-18(8-10-21)24(31)22-23(19-5-3-6-20(27)16-19)30(26(33)25(22)32)13-4-12-29-14-11-28-17-29/h2-3,5-11,14,16-17,23,31H,1,4,12-13,15H2/t23-/m0/s1. The Bertz CT molecular complexity index is 1220. The number of ether oxygens (including phenoxy) is 1. The zero-order chi connectivity index (χ0) is 24.1. The van der Waals surface area contributed by atoms with E-state index in [0.29, 0.717) is 37.4 Å². The Labute approximate surface area is 206 Å². The first-order valence-corrected chi connectivity index (χ1v) is 11.6. The van der Waals surface area contributed by atoms with Gasteiger partial charge in [0.15, 0.2) is 0 Å². The molecule has 0 radical (unpaired) electrons. The summed E-state index contributed by atoms with van der Waals surface area (Å²) in [5.74, 6) is -0.921. The largest absolute Gasteiger partial charge is 0.507 e. The van der Waals surface area contributed by atoms with Crippen molar-refractivity contribution in [2.75, 3.05) is 13.2 Å². The molecule has 1 fully saturated rings. The Balaban J connectivity index is 1.69. The second kappa shape index (κ2) is 10.5. The van der Waals surface area contributed by atoms with Crippen LogP contribution >= 0.6 is 15.9 Å². The Kier molecular flexibility index (Phi) is 7.27. The molecule has 2 heterocycles. The Morgan fingerprint density at radius 2 is 1.97 bits per heavy atom. The van der Waals surface area contributed by atoms with Crippen LogP contribution in [0.1, 0.15) is 23.6 Å². The number of nitrogens with zero attached hydrogens (tertiary/aromatic N) is 3. The number of aliphatic hydroxyl groups excluding tert-OH is 1. The monoisotopic (exact) mass is 521 g/mol. The Morgan fingerprint density at radius 3 is 2.65 bits per heavy atom. The van der Waals surface area contributed by atoms with Crippen LogP contribution in [0.2, 0.25) is 0 Å². The molecule has 0 spiro atoms. The molecule has 4 rings (SSSR count). The van der Waals surface area contributed by atoms with Crippen LogP contribution in [0.3, 0.4) is 0 Å². The molecule has 1 N–H and O–H groups in total. The van der Waals surface area contributed by atoms with Gasteiger partial charge >= 0.3 is 0 Å². The number of rotatable bonds is 9. The summed E-state index contributed by atoms with van der Waals surface area (Å²) in [5.41, 5.74) is 1.25. The van der Waals surface area contributed by atoms with Crippen molar-refractivity contribution in [2.45, 2.75) is 19.0 Å². The van der Waals surface area contributed by atoms with Crippen molar-refractivity contribution in [3.8, 4) is 5.75 Å². The molecule has 1 aromatic heterocycles. The number of hydrogen-bond acceptors (Lipinski definition) is 5. The maximum atomic E-state index is 13.1. The van der Waals surface area contributed by atoms with E-state index in [4.69, 9.17) is 4.74 Å². The molecule has 1 atom stereocenters. The molecule has 174 valence electrons. The molecule has 34 heavy (non-hydrogen) atoms. The second-order valence-corrected chi connectivity index (χ2v) is 8.74. The second-order valence-electron chi connectivity index (χ2n) is 7.83. The lowest BCUT2D eigenvalue weighted by Gasteiger charge is -2.25. The fourth-order valence-corrected chi connectivity index (χ4v) is 4.41. The lowest BCUT2D eigenvalue weighted by atomic mass is 9.95. The normalized spacial score (nSPS) is 17.2. The highest BCUT2D eigenvalue weighted by Crippen LogP contribution is 2.40. The number of halogens is 1. The zero-order valence-corrected chi connectivity index (χ0v) is 20.0. The van der Waals surface area contributed by atoms with Crippen molar-refractivity contribution < 1.29 is 19.4 Å². The maximum absolute atomic E-state index is 13.1. The van der Waals surface area contributed by atoms with Gasteiger partial charge in [0, 0.05) is 35.5 Å². The molecule has 1 aliphatic rings. The Morgan fingerprint density at radius 1 is 1.18 bits per heavy atom. The predicted molar refractivity (Wildman–Crippen MR) is 132 cm³/mol. The summed E-state index contributed by atoms with van der Waals surface area (Å²) >= 11 is 3.47. The summed E-state index contributed by atoms with van der Waals surface area (Å²) in [7, 11) is 0. The number of likely N-dealkylation sites (tertiary alicyclic amines) is 1. The van der Waals surface area contributed by atoms with Gasteiger partial charge in [-0.2, -0.15) is 0 Å². The number of benzene rings is 2. The predicted octanol–water partition coefficient (Wildman–Crippen LogP) is 4.72. The summed E-state index contributed by atoms with van der Waals surface area (Å²) in [6.45, 7) is 4.99. The molecule has 7 nitrogen and oxygen atoms in total. The molecular formula is C26H24BrN3O4. The number of aromatic nitrogens is 2. The topological polar surface area (TPSA) is 84.7 Å². The lowest BCUT2D eigenvalue weighted by molar-refractivity contribution is -0.139. The first-order chi connectivity index (χ1) is 16.5.